The quantitative estimate of drug-likeness (QED) is 0.284. The molecule has 0 aliphatic carbocycles. The Hall–Kier alpha value is -2.30. The van der Waals surface area contributed by atoms with Crippen LogP contribution in [-0.4, -0.2) is 89.0 Å². The molecular formula is C25H45N3O7S. The van der Waals surface area contributed by atoms with E-state index >= 15 is 0 Å². The molecule has 0 aliphatic rings. The molecule has 0 unspecified atom stereocenters. The average Bonchev–Trinajstić information content (AvgIpc) is 2.70. The summed E-state index contributed by atoms with van der Waals surface area (Å²) in [6.45, 7) is 12.3. The summed E-state index contributed by atoms with van der Waals surface area (Å²) < 4.78 is 10.6. The fourth-order valence-corrected chi connectivity index (χ4v) is 3.60. The fraction of sp³-hybridized carbons (Fsp3) is 0.800. The van der Waals surface area contributed by atoms with E-state index in [9.17, 15) is 24.0 Å². The lowest BCUT2D eigenvalue weighted by atomic mass is 10.1. The Balaban J connectivity index is 5.03. The van der Waals surface area contributed by atoms with Gasteiger partial charge in [0.2, 0.25) is 11.8 Å². The van der Waals surface area contributed by atoms with Crippen LogP contribution in [0.1, 0.15) is 80.6 Å². The minimum atomic E-state index is -1.05. The standard InChI is InChI=1S/C25H45N3O7S/c1-18(29)36-16-12-10-11-13-20(30)28(9)19(17-21(31)34-24(2,3)4)22(32)26-14-15-27(8)23(33)35-25(5,6)7/h19H,10-17H2,1-9H3,(H,26,32)/t19-/m0/s1. The third-order valence-corrected chi connectivity index (χ3v) is 5.63. The van der Waals surface area contributed by atoms with Crippen LogP contribution < -0.4 is 5.32 Å². The van der Waals surface area contributed by atoms with Crippen LogP contribution >= 0.6 is 11.8 Å². The third-order valence-electron chi connectivity index (χ3n) is 4.74. The first-order valence-electron chi connectivity index (χ1n) is 12.3. The molecule has 0 aromatic carbocycles. The van der Waals surface area contributed by atoms with Crippen molar-refractivity contribution in [2.45, 2.75) is 97.8 Å². The second kappa shape index (κ2) is 15.7. The highest BCUT2D eigenvalue weighted by molar-refractivity contribution is 8.13. The molecule has 1 N–H and O–H groups in total. The molecule has 3 amide bonds. The molecule has 0 aromatic rings. The maximum absolute atomic E-state index is 13.0. The highest BCUT2D eigenvalue weighted by Crippen LogP contribution is 2.14. The molecule has 36 heavy (non-hydrogen) atoms. The fourth-order valence-electron chi connectivity index (χ4n) is 2.96. The van der Waals surface area contributed by atoms with Crippen molar-refractivity contribution in [1.82, 2.24) is 15.1 Å². The minimum Gasteiger partial charge on any atom is -0.460 e. The summed E-state index contributed by atoms with van der Waals surface area (Å²) in [5.74, 6) is -0.647. The lowest BCUT2D eigenvalue weighted by Crippen LogP contribution is -2.50. The molecule has 0 aliphatic heterocycles. The van der Waals surface area contributed by atoms with Crippen LogP contribution in [0.5, 0.6) is 0 Å². The number of esters is 1. The maximum atomic E-state index is 13.0. The average molecular weight is 532 g/mol. The normalized spacial score (nSPS) is 12.4. The second-order valence-corrected chi connectivity index (χ2v) is 11.9. The van der Waals surface area contributed by atoms with Crippen LogP contribution in [0.25, 0.3) is 0 Å². The Bertz CT molecular complexity index is 760. The zero-order valence-corrected chi connectivity index (χ0v) is 24.2. The van der Waals surface area contributed by atoms with E-state index in [0.29, 0.717) is 12.2 Å². The highest BCUT2D eigenvalue weighted by Gasteiger charge is 2.31. The van der Waals surface area contributed by atoms with Gasteiger partial charge in [-0.1, -0.05) is 18.2 Å². The van der Waals surface area contributed by atoms with Crippen molar-refractivity contribution >= 4 is 40.8 Å². The summed E-state index contributed by atoms with van der Waals surface area (Å²) in [5.41, 5.74) is -1.36. The third kappa shape index (κ3) is 16.4. The number of amides is 3. The molecule has 0 spiro atoms. The number of carbonyl (C=O) groups excluding carboxylic acids is 5. The number of thioether (sulfide) groups is 1. The first kappa shape index (κ1) is 33.7. The van der Waals surface area contributed by atoms with Gasteiger partial charge in [-0.3, -0.25) is 19.2 Å². The van der Waals surface area contributed by atoms with Gasteiger partial charge in [0.1, 0.15) is 17.2 Å². The van der Waals surface area contributed by atoms with Crippen molar-refractivity contribution in [3.05, 3.63) is 0 Å². The number of nitrogens with one attached hydrogen (secondary N) is 1. The SMILES string of the molecule is CC(=O)SCCCCCC(=O)N(C)[C@@H](CC(=O)OC(C)(C)C)C(=O)NCCN(C)C(=O)OC(C)(C)C. The molecule has 0 saturated carbocycles. The van der Waals surface area contributed by atoms with Crippen LogP contribution in [0, 0.1) is 0 Å². The predicted molar refractivity (Wildman–Crippen MR) is 141 cm³/mol. The Morgan fingerprint density at radius 1 is 0.889 bits per heavy atom. The van der Waals surface area contributed by atoms with E-state index < -0.39 is 35.2 Å². The first-order valence-corrected chi connectivity index (χ1v) is 13.2. The number of likely N-dealkylation sites (N-methyl/N-ethyl adjacent to an activating group) is 2. The molecule has 0 bridgehead atoms. The second-order valence-electron chi connectivity index (χ2n) is 10.7. The van der Waals surface area contributed by atoms with E-state index in [2.05, 4.69) is 5.32 Å². The molecule has 0 heterocycles. The number of hydrogen-bond acceptors (Lipinski definition) is 8. The Morgan fingerprint density at radius 2 is 1.47 bits per heavy atom. The number of unbranched alkanes of at least 4 members (excludes halogenated alkanes) is 2. The molecule has 0 rings (SSSR count). The molecule has 0 fully saturated rings. The van der Waals surface area contributed by atoms with Crippen molar-refractivity contribution in [1.29, 1.82) is 0 Å². The summed E-state index contributed by atoms with van der Waals surface area (Å²) >= 11 is 1.26. The summed E-state index contributed by atoms with van der Waals surface area (Å²) in [5, 5.41) is 2.77. The topological polar surface area (TPSA) is 122 Å². The van der Waals surface area contributed by atoms with Crippen LogP contribution in [0.4, 0.5) is 4.79 Å². The van der Waals surface area contributed by atoms with E-state index in [0.717, 1.165) is 12.8 Å². The first-order chi connectivity index (χ1) is 16.4. The predicted octanol–water partition coefficient (Wildman–Crippen LogP) is 3.37. The van der Waals surface area contributed by atoms with Gasteiger partial charge in [0.25, 0.3) is 0 Å². The smallest absolute Gasteiger partial charge is 0.410 e. The molecular weight excluding hydrogens is 486 g/mol. The largest absolute Gasteiger partial charge is 0.460 e. The van der Waals surface area contributed by atoms with Crippen molar-refractivity contribution in [2.75, 3.05) is 32.9 Å². The van der Waals surface area contributed by atoms with E-state index in [-0.39, 0.29) is 37.0 Å². The van der Waals surface area contributed by atoms with E-state index in [1.807, 2.05) is 0 Å². The number of hydrogen-bond donors (Lipinski definition) is 1. The van der Waals surface area contributed by atoms with Gasteiger partial charge in [-0.15, -0.1) is 0 Å². The Labute approximate surface area is 220 Å². The molecule has 0 radical (unpaired) electrons. The van der Waals surface area contributed by atoms with Gasteiger partial charge in [-0.25, -0.2) is 4.79 Å². The lowest BCUT2D eigenvalue weighted by molar-refractivity contribution is -0.158. The molecule has 11 heteroatoms. The summed E-state index contributed by atoms with van der Waals surface area (Å²) in [7, 11) is 3.05. The number of carbonyl (C=O) groups is 5. The molecule has 208 valence electrons. The maximum Gasteiger partial charge on any atom is 0.410 e. The van der Waals surface area contributed by atoms with Crippen LogP contribution in [-0.2, 0) is 28.7 Å². The zero-order valence-electron chi connectivity index (χ0n) is 23.4. The van der Waals surface area contributed by atoms with Gasteiger partial charge in [0.15, 0.2) is 5.12 Å². The molecule has 1 atom stereocenters. The lowest BCUT2D eigenvalue weighted by Gasteiger charge is -2.29. The van der Waals surface area contributed by atoms with Crippen molar-refractivity contribution in [2.24, 2.45) is 0 Å². The Kier molecular flexibility index (Phi) is 14.7. The van der Waals surface area contributed by atoms with E-state index in [1.165, 1.54) is 35.5 Å². The van der Waals surface area contributed by atoms with Gasteiger partial charge in [-0.2, -0.15) is 0 Å². The van der Waals surface area contributed by atoms with Gasteiger partial charge in [-0.05, 0) is 54.4 Å². The molecule has 0 aromatic heterocycles. The van der Waals surface area contributed by atoms with Gasteiger partial charge >= 0.3 is 12.1 Å². The summed E-state index contributed by atoms with van der Waals surface area (Å²) in [4.78, 5) is 63.9. The van der Waals surface area contributed by atoms with E-state index in [1.54, 1.807) is 48.6 Å². The van der Waals surface area contributed by atoms with E-state index in [4.69, 9.17) is 9.47 Å². The minimum absolute atomic E-state index is 0.0686. The number of nitrogens with zero attached hydrogens (tertiary/aromatic N) is 2. The number of rotatable bonds is 13. The van der Waals surface area contributed by atoms with Crippen molar-refractivity contribution in [3.8, 4) is 0 Å². The molecule has 10 nitrogen and oxygen atoms in total. The highest BCUT2D eigenvalue weighted by atomic mass is 32.2. The summed E-state index contributed by atoms with van der Waals surface area (Å²) in [6, 6.07) is -1.05. The Morgan fingerprint density at radius 3 is 2.00 bits per heavy atom. The monoisotopic (exact) mass is 531 g/mol. The van der Waals surface area contributed by atoms with Crippen LogP contribution in [0.3, 0.4) is 0 Å². The number of ether oxygens (including phenoxy) is 2. The zero-order chi connectivity index (χ0) is 28.1. The van der Waals surface area contributed by atoms with Crippen molar-refractivity contribution in [3.63, 3.8) is 0 Å². The molecule has 0 saturated heterocycles. The van der Waals surface area contributed by atoms with Gasteiger partial charge in [0, 0.05) is 46.3 Å². The van der Waals surface area contributed by atoms with Crippen molar-refractivity contribution < 1.29 is 33.4 Å². The van der Waals surface area contributed by atoms with Crippen LogP contribution in [0.2, 0.25) is 0 Å². The van der Waals surface area contributed by atoms with Crippen LogP contribution in [0.15, 0.2) is 0 Å². The van der Waals surface area contributed by atoms with Gasteiger partial charge in [0.05, 0.1) is 6.42 Å². The summed E-state index contributed by atoms with van der Waals surface area (Å²) in [6.07, 6.45) is 1.62. The van der Waals surface area contributed by atoms with Gasteiger partial charge < -0.3 is 24.6 Å².